The first kappa shape index (κ1) is 11.2. The van der Waals surface area contributed by atoms with Crippen LogP contribution in [0.3, 0.4) is 0 Å². The van der Waals surface area contributed by atoms with Crippen LogP contribution in [0, 0.1) is 5.21 Å². The molecule has 1 N–H and O–H groups in total. The van der Waals surface area contributed by atoms with E-state index in [1.54, 1.807) is 4.68 Å². The summed E-state index contributed by atoms with van der Waals surface area (Å²) in [6, 6.07) is 9.60. The van der Waals surface area contributed by atoms with E-state index in [2.05, 4.69) is 34.9 Å². The first-order valence-electron chi connectivity index (χ1n) is 3.96. The van der Waals surface area contributed by atoms with Gasteiger partial charge < -0.3 is 5.21 Å². The maximum absolute atomic E-state index is 8.57. The number of thiol groups is 1. The molecule has 2 aromatic rings. The molecule has 6 nitrogen and oxygen atoms in total. The molecule has 0 spiro atoms. The highest BCUT2D eigenvalue weighted by atomic mass is 32.1. The van der Waals surface area contributed by atoms with Crippen molar-refractivity contribution in [2.24, 2.45) is 0 Å². The molecule has 0 unspecified atom stereocenters. The molecule has 1 heterocycles. The van der Waals surface area contributed by atoms with Crippen LogP contribution in [-0.4, -0.2) is 26.9 Å². The van der Waals surface area contributed by atoms with Gasteiger partial charge in [-0.1, -0.05) is 18.2 Å². The SMILES string of the molecule is C=[NH+][O-].Sc1nnnn1-c1ccccc1. The van der Waals surface area contributed by atoms with Gasteiger partial charge in [-0.2, -0.15) is 4.68 Å². The van der Waals surface area contributed by atoms with Crippen molar-refractivity contribution in [3.63, 3.8) is 0 Å². The van der Waals surface area contributed by atoms with Crippen LogP contribution in [0.15, 0.2) is 35.5 Å². The minimum absolute atomic E-state index is 0.487. The van der Waals surface area contributed by atoms with Crippen molar-refractivity contribution in [2.75, 3.05) is 0 Å². The standard InChI is InChI=1S/C7H6N4S.CH3NO/c12-7-8-9-10-11(7)6-4-2-1-3-5-6;1-2-3/h1-5H,(H,8,10,12);2H,1H2. The third-order valence-corrected chi connectivity index (χ3v) is 1.73. The minimum Gasteiger partial charge on any atom is -0.626 e. The Hall–Kier alpha value is -1.89. The molecule has 0 saturated carbocycles. The molecule has 0 aliphatic carbocycles. The number of rotatable bonds is 1. The van der Waals surface area contributed by atoms with E-state index in [0.29, 0.717) is 5.16 Å². The molecule has 0 bridgehead atoms. The van der Waals surface area contributed by atoms with Gasteiger partial charge in [0.15, 0.2) is 0 Å². The Labute approximate surface area is 91.6 Å². The van der Waals surface area contributed by atoms with Crippen molar-refractivity contribution in [3.8, 4) is 5.69 Å². The molecule has 78 valence electrons. The van der Waals surface area contributed by atoms with E-state index in [-0.39, 0.29) is 0 Å². The Morgan fingerprint density at radius 2 is 1.93 bits per heavy atom. The summed E-state index contributed by atoms with van der Waals surface area (Å²) in [7, 11) is 0. The molecular weight excluding hydrogens is 214 g/mol. The summed E-state index contributed by atoms with van der Waals surface area (Å²) in [5.41, 5.74) is 0.910. The van der Waals surface area contributed by atoms with Crippen LogP contribution in [-0.2, 0) is 0 Å². The Balaban J connectivity index is 0.000000337. The lowest BCUT2D eigenvalue weighted by molar-refractivity contribution is -0.361. The quantitative estimate of drug-likeness (QED) is 0.287. The first-order chi connectivity index (χ1) is 7.29. The van der Waals surface area contributed by atoms with E-state index < -0.39 is 0 Å². The van der Waals surface area contributed by atoms with Crippen LogP contribution in [0.2, 0.25) is 0 Å². The summed E-state index contributed by atoms with van der Waals surface area (Å²) in [6.07, 6.45) is 0. The summed E-state index contributed by atoms with van der Waals surface area (Å²) < 4.78 is 1.56. The van der Waals surface area contributed by atoms with Crippen molar-refractivity contribution >= 4 is 19.3 Å². The first-order valence-corrected chi connectivity index (χ1v) is 4.41. The highest BCUT2D eigenvalue weighted by Crippen LogP contribution is 2.08. The van der Waals surface area contributed by atoms with E-state index in [1.807, 2.05) is 30.3 Å². The molecule has 7 heteroatoms. The zero-order valence-corrected chi connectivity index (χ0v) is 8.63. The molecule has 0 aliphatic heterocycles. The predicted octanol–water partition coefficient (Wildman–Crippen LogP) is -0.784. The van der Waals surface area contributed by atoms with E-state index >= 15 is 0 Å². The zero-order valence-electron chi connectivity index (χ0n) is 7.74. The van der Waals surface area contributed by atoms with Gasteiger partial charge in [-0.25, -0.2) is 5.16 Å². The lowest BCUT2D eigenvalue weighted by Crippen LogP contribution is -2.56. The van der Waals surface area contributed by atoms with Gasteiger partial charge in [0, 0.05) is 0 Å². The van der Waals surface area contributed by atoms with Gasteiger partial charge in [0.2, 0.25) is 5.16 Å². The molecule has 15 heavy (non-hydrogen) atoms. The number of para-hydroxylation sites is 1. The van der Waals surface area contributed by atoms with Crippen molar-refractivity contribution < 1.29 is 5.16 Å². The van der Waals surface area contributed by atoms with Crippen molar-refractivity contribution in [1.82, 2.24) is 20.2 Å². The third-order valence-electron chi connectivity index (χ3n) is 1.45. The molecule has 2 rings (SSSR count). The minimum atomic E-state index is 0.487. The molecule has 0 fully saturated rings. The number of nitrogens with one attached hydrogen (secondary N) is 1. The van der Waals surface area contributed by atoms with Crippen LogP contribution in [0.25, 0.3) is 5.69 Å². The molecule has 0 amide bonds. The van der Waals surface area contributed by atoms with Gasteiger partial charge in [0.1, 0.15) is 6.72 Å². The Morgan fingerprint density at radius 3 is 2.40 bits per heavy atom. The Morgan fingerprint density at radius 1 is 1.33 bits per heavy atom. The fourth-order valence-corrected chi connectivity index (χ4v) is 1.11. The van der Waals surface area contributed by atoms with E-state index in [9.17, 15) is 0 Å². The molecule has 1 aromatic carbocycles. The summed E-state index contributed by atoms with van der Waals surface area (Å²) in [5, 5.41) is 21.2. The number of benzene rings is 1. The highest BCUT2D eigenvalue weighted by molar-refractivity contribution is 7.80. The summed E-state index contributed by atoms with van der Waals surface area (Å²) in [4.78, 5) is 0. The summed E-state index contributed by atoms with van der Waals surface area (Å²) in [6.45, 7) is 2.68. The molecule has 0 atom stereocenters. The molecule has 0 radical (unpaired) electrons. The van der Waals surface area contributed by atoms with Gasteiger partial charge in [0.05, 0.1) is 5.69 Å². The third kappa shape index (κ3) is 3.06. The molecule has 0 aliphatic rings. The number of tetrazole rings is 1. The average Bonchev–Trinajstić information content (AvgIpc) is 2.67. The lowest BCUT2D eigenvalue weighted by Gasteiger charge is -1.98. The van der Waals surface area contributed by atoms with Crippen molar-refractivity contribution in [3.05, 3.63) is 35.5 Å². The number of nitrogens with zero attached hydrogens (tertiary/aromatic N) is 4. The van der Waals surface area contributed by atoms with Crippen LogP contribution in [0.4, 0.5) is 0 Å². The average molecular weight is 223 g/mol. The second-order valence-corrected chi connectivity index (χ2v) is 2.77. The number of hydrogen-bond acceptors (Lipinski definition) is 5. The van der Waals surface area contributed by atoms with Gasteiger partial charge in [-0.05, 0) is 22.6 Å². The largest absolute Gasteiger partial charge is 0.626 e. The maximum atomic E-state index is 8.57. The topological polar surface area (TPSA) is 80.6 Å². The van der Waals surface area contributed by atoms with Crippen molar-refractivity contribution in [1.29, 1.82) is 0 Å². The smallest absolute Gasteiger partial charge is 0.211 e. The normalized spacial score (nSPS) is 8.87. The predicted molar refractivity (Wildman–Crippen MR) is 57.9 cm³/mol. The monoisotopic (exact) mass is 223 g/mol. The Kier molecular flexibility index (Phi) is 4.30. The van der Waals surface area contributed by atoms with Crippen LogP contribution in [0.5, 0.6) is 0 Å². The van der Waals surface area contributed by atoms with E-state index in [4.69, 9.17) is 5.21 Å². The van der Waals surface area contributed by atoms with Crippen molar-refractivity contribution in [2.45, 2.75) is 5.16 Å². The fourth-order valence-electron chi connectivity index (χ4n) is 0.919. The highest BCUT2D eigenvalue weighted by Gasteiger charge is 2.01. The van der Waals surface area contributed by atoms with Gasteiger partial charge >= 0.3 is 0 Å². The lowest BCUT2D eigenvalue weighted by atomic mass is 10.3. The van der Waals surface area contributed by atoms with Crippen LogP contribution < -0.4 is 5.16 Å². The fraction of sp³-hybridized carbons (Fsp3) is 0. The van der Waals surface area contributed by atoms with Crippen LogP contribution in [0.1, 0.15) is 0 Å². The summed E-state index contributed by atoms with van der Waals surface area (Å²) >= 11 is 4.09. The zero-order chi connectivity index (χ0) is 11.1. The molecule has 1 aromatic heterocycles. The number of hydrogen-bond donors (Lipinski definition) is 2. The Bertz CT molecular complexity index is 416. The maximum Gasteiger partial charge on any atom is 0.211 e. The van der Waals surface area contributed by atoms with Gasteiger partial charge in [-0.3, -0.25) is 0 Å². The molecule has 0 saturated heterocycles. The molecular formula is C8H9N5OS. The van der Waals surface area contributed by atoms with Gasteiger partial charge in [-0.15, -0.1) is 17.7 Å². The second-order valence-electron chi connectivity index (χ2n) is 2.37. The van der Waals surface area contributed by atoms with E-state index in [1.165, 1.54) is 5.16 Å². The van der Waals surface area contributed by atoms with Gasteiger partial charge in [0.25, 0.3) is 0 Å². The second kappa shape index (κ2) is 5.76. The van der Waals surface area contributed by atoms with Crippen LogP contribution >= 0.6 is 12.6 Å². The summed E-state index contributed by atoms with van der Waals surface area (Å²) in [5.74, 6) is 0. The number of aromatic nitrogens is 4. The van der Waals surface area contributed by atoms with E-state index in [0.717, 1.165) is 5.69 Å².